The zero-order chi connectivity index (χ0) is 17.3. The smallest absolute Gasteiger partial charge is 0.325 e. The van der Waals surface area contributed by atoms with Crippen molar-refractivity contribution < 1.29 is 34.8 Å². The van der Waals surface area contributed by atoms with Gasteiger partial charge in [0.2, 0.25) is 15.9 Å². The van der Waals surface area contributed by atoms with Crippen molar-refractivity contribution in [2.45, 2.75) is 28.6 Å². The second-order valence-electron chi connectivity index (χ2n) is 4.05. The number of rotatable bonds is 4. The highest BCUT2D eigenvalue weighted by atomic mass is 32.2. The molecule has 0 aromatic heterocycles. The molecule has 1 aromatic carbocycles. The molecule has 0 fully saturated rings. The first-order chi connectivity index (χ1) is 9.80. The molecule has 0 heterocycles. The summed E-state index contributed by atoms with van der Waals surface area (Å²) in [6.07, 6.45) is -0.123. The SMILES string of the molecule is CCC(=O)Nc1ccc(S(N)(=O)=O)cc1S(=O)(=O)C(F)(F)F. The van der Waals surface area contributed by atoms with Gasteiger partial charge in [-0.05, 0) is 18.2 Å². The van der Waals surface area contributed by atoms with Crippen molar-refractivity contribution in [1.29, 1.82) is 0 Å². The summed E-state index contributed by atoms with van der Waals surface area (Å²) in [5.41, 5.74) is -6.35. The van der Waals surface area contributed by atoms with Crippen molar-refractivity contribution in [3.05, 3.63) is 18.2 Å². The fourth-order valence-electron chi connectivity index (χ4n) is 1.37. The number of amides is 1. The summed E-state index contributed by atoms with van der Waals surface area (Å²) in [4.78, 5) is 9.04. The lowest BCUT2D eigenvalue weighted by atomic mass is 10.3. The third kappa shape index (κ3) is 3.75. The van der Waals surface area contributed by atoms with E-state index in [-0.39, 0.29) is 12.5 Å². The van der Waals surface area contributed by atoms with E-state index in [0.29, 0.717) is 0 Å². The van der Waals surface area contributed by atoms with E-state index in [1.165, 1.54) is 6.92 Å². The van der Waals surface area contributed by atoms with Crippen LogP contribution in [0.15, 0.2) is 28.0 Å². The Morgan fingerprint density at radius 3 is 2.18 bits per heavy atom. The quantitative estimate of drug-likeness (QED) is 0.828. The van der Waals surface area contributed by atoms with Crippen LogP contribution in [-0.4, -0.2) is 28.3 Å². The van der Waals surface area contributed by atoms with Crippen molar-refractivity contribution in [3.8, 4) is 0 Å². The van der Waals surface area contributed by atoms with Crippen molar-refractivity contribution >= 4 is 31.5 Å². The Kier molecular flexibility index (Phi) is 4.89. The van der Waals surface area contributed by atoms with Crippen molar-refractivity contribution in [1.82, 2.24) is 0 Å². The molecular formula is C10H11F3N2O5S2. The van der Waals surface area contributed by atoms with E-state index in [9.17, 15) is 34.8 Å². The number of nitrogens with one attached hydrogen (secondary N) is 1. The van der Waals surface area contributed by atoms with Gasteiger partial charge in [0.25, 0.3) is 9.84 Å². The van der Waals surface area contributed by atoms with Crippen LogP contribution in [0.1, 0.15) is 13.3 Å². The number of anilines is 1. The van der Waals surface area contributed by atoms with Gasteiger partial charge in [0.05, 0.1) is 10.6 Å². The molecule has 0 atom stereocenters. The summed E-state index contributed by atoms with van der Waals surface area (Å²) in [5.74, 6) is -0.748. The number of sulfone groups is 1. The number of benzene rings is 1. The fraction of sp³-hybridized carbons (Fsp3) is 0.300. The number of carbonyl (C=O) groups excluding carboxylic acids is 1. The molecular weight excluding hydrogens is 349 g/mol. The highest BCUT2D eigenvalue weighted by Gasteiger charge is 2.48. The molecule has 0 saturated carbocycles. The van der Waals surface area contributed by atoms with Crippen LogP contribution < -0.4 is 10.5 Å². The highest BCUT2D eigenvalue weighted by Crippen LogP contribution is 2.35. The van der Waals surface area contributed by atoms with Crippen LogP contribution in [0, 0.1) is 0 Å². The minimum Gasteiger partial charge on any atom is -0.325 e. The lowest BCUT2D eigenvalue weighted by Gasteiger charge is -2.14. The molecule has 0 saturated heterocycles. The number of carbonyl (C=O) groups is 1. The van der Waals surface area contributed by atoms with Crippen LogP contribution in [-0.2, 0) is 24.7 Å². The summed E-state index contributed by atoms with van der Waals surface area (Å²) in [5, 5.41) is 6.73. The predicted molar refractivity (Wildman–Crippen MR) is 70.0 cm³/mol. The number of alkyl halides is 3. The summed E-state index contributed by atoms with van der Waals surface area (Å²) in [6.45, 7) is 1.39. The summed E-state index contributed by atoms with van der Waals surface area (Å²) < 4.78 is 83.4. The average Bonchev–Trinajstić information content (AvgIpc) is 2.36. The van der Waals surface area contributed by atoms with Crippen LogP contribution >= 0.6 is 0 Å². The molecule has 12 heteroatoms. The Balaban J connectivity index is 3.65. The maximum atomic E-state index is 12.7. The van der Waals surface area contributed by atoms with E-state index in [2.05, 4.69) is 0 Å². The van der Waals surface area contributed by atoms with Crippen molar-refractivity contribution in [2.75, 3.05) is 5.32 Å². The van der Waals surface area contributed by atoms with Gasteiger partial charge in [-0.25, -0.2) is 22.0 Å². The number of hydrogen-bond donors (Lipinski definition) is 2. The van der Waals surface area contributed by atoms with Gasteiger partial charge in [-0.15, -0.1) is 0 Å². The van der Waals surface area contributed by atoms with Crippen LogP contribution in [0.25, 0.3) is 0 Å². The summed E-state index contributed by atoms with van der Waals surface area (Å²) >= 11 is 0. The minimum absolute atomic E-state index is 0.123. The molecule has 0 aliphatic carbocycles. The Bertz CT molecular complexity index is 800. The minimum atomic E-state index is -5.88. The summed E-state index contributed by atoms with van der Waals surface area (Å²) in [7, 11) is -10.3. The van der Waals surface area contributed by atoms with E-state index in [0.717, 1.165) is 12.1 Å². The molecule has 0 unspecified atom stereocenters. The lowest BCUT2D eigenvalue weighted by molar-refractivity contribution is -0.115. The van der Waals surface area contributed by atoms with E-state index in [1.54, 1.807) is 0 Å². The van der Waals surface area contributed by atoms with Gasteiger partial charge in [-0.3, -0.25) is 4.79 Å². The first-order valence-corrected chi connectivity index (χ1v) is 8.61. The highest BCUT2D eigenvalue weighted by molar-refractivity contribution is 7.92. The monoisotopic (exact) mass is 360 g/mol. The number of halogens is 3. The normalized spacial score (nSPS) is 13.0. The van der Waals surface area contributed by atoms with E-state index in [4.69, 9.17) is 5.14 Å². The van der Waals surface area contributed by atoms with Gasteiger partial charge >= 0.3 is 5.51 Å². The molecule has 1 amide bonds. The molecule has 1 aromatic rings. The zero-order valence-electron chi connectivity index (χ0n) is 11.0. The predicted octanol–water partition coefficient (Wildman–Crippen LogP) is 0.976. The molecule has 0 radical (unpaired) electrons. The van der Waals surface area contributed by atoms with E-state index >= 15 is 0 Å². The van der Waals surface area contributed by atoms with Gasteiger partial charge in [-0.1, -0.05) is 6.92 Å². The Hall–Kier alpha value is -1.66. The number of hydrogen-bond acceptors (Lipinski definition) is 5. The first kappa shape index (κ1) is 18.4. The number of sulfonamides is 1. The third-order valence-electron chi connectivity index (χ3n) is 2.47. The maximum absolute atomic E-state index is 12.7. The molecule has 3 N–H and O–H groups in total. The van der Waals surface area contributed by atoms with Gasteiger partial charge in [-0.2, -0.15) is 13.2 Å². The Labute approximate surface area is 124 Å². The first-order valence-electron chi connectivity index (χ1n) is 5.58. The Morgan fingerprint density at radius 2 is 1.77 bits per heavy atom. The van der Waals surface area contributed by atoms with E-state index < -0.39 is 46.8 Å². The molecule has 124 valence electrons. The number of nitrogens with two attached hydrogens (primary N) is 1. The number of primary sulfonamides is 1. The second-order valence-corrected chi connectivity index (χ2v) is 7.52. The van der Waals surface area contributed by atoms with Gasteiger partial charge in [0.1, 0.15) is 4.90 Å². The van der Waals surface area contributed by atoms with Crippen LogP contribution in [0.4, 0.5) is 18.9 Å². The van der Waals surface area contributed by atoms with Crippen molar-refractivity contribution in [2.24, 2.45) is 5.14 Å². The van der Waals surface area contributed by atoms with Gasteiger partial charge in [0.15, 0.2) is 0 Å². The second kappa shape index (κ2) is 5.85. The molecule has 7 nitrogen and oxygen atoms in total. The van der Waals surface area contributed by atoms with Crippen molar-refractivity contribution in [3.63, 3.8) is 0 Å². The standard InChI is InChI=1S/C10H11F3N2O5S2/c1-2-9(16)15-7-4-3-6(22(14,19)20)5-8(7)21(17,18)10(11,12)13/h3-5H,2H2,1H3,(H,15,16)(H2,14,19,20). The van der Waals surface area contributed by atoms with E-state index in [1.807, 2.05) is 5.32 Å². The largest absolute Gasteiger partial charge is 0.501 e. The molecule has 0 aliphatic heterocycles. The average molecular weight is 360 g/mol. The maximum Gasteiger partial charge on any atom is 0.501 e. The molecule has 22 heavy (non-hydrogen) atoms. The van der Waals surface area contributed by atoms with Crippen LogP contribution in [0.3, 0.4) is 0 Å². The topological polar surface area (TPSA) is 123 Å². The van der Waals surface area contributed by atoms with Gasteiger partial charge < -0.3 is 5.32 Å². The third-order valence-corrected chi connectivity index (χ3v) is 4.91. The molecule has 0 bridgehead atoms. The lowest BCUT2D eigenvalue weighted by Crippen LogP contribution is -2.25. The van der Waals surface area contributed by atoms with Crippen LogP contribution in [0.5, 0.6) is 0 Å². The van der Waals surface area contributed by atoms with Crippen LogP contribution in [0.2, 0.25) is 0 Å². The molecule has 1 rings (SSSR count). The molecule has 0 aliphatic rings. The van der Waals surface area contributed by atoms with Gasteiger partial charge in [0, 0.05) is 6.42 Å². The molecule has 0 spiro atoms. The summed E-state index contributed by atoms with van der Waals surface area (Å²) in [6, 6.07) is 1.77. The zero-order valence-corrected chi connectivity index (χ0v) is 12.6. The fourth-order valence-corrected chi connectivity index (χ4v) is 2.92. The Morgan fingerprint density at radius 1 is 1.23 bits per heavy atom.